The number of hydrogen-bond donors (Lipinski definition) is 1. The summed E-state index contributed by atoms with van der Waals surface area (Å²) in [6.45, 7) is 2.45. The second-order valence-electron chi connectivity index (χ2n) is 8.28. The number of amides is 3. The lowest BCUT2D eigenvalue weighted by Gasteiger charge is -2.29. The average molecular weight is 428 g/mol. The average Bonchev–Trinajstić information content (AvgIpc) is 3.30. The lowest BCUT2D eigenvalue weighted by atomic mass is 10.0. The van der Waals surface area contributed by atoms with E-state index >= 15 is 0 Å². The number of fused-ring (bicyclic) bond motifs is 1. The minimum atomic E-state index is -0.611. The van der Waals surface area contributed by atoms with Gasteiger partial charge in [0.25, 0.3) is 5.91 Å². The van der Waals surface area contributed by atoms with E-state index in [9.17, 15) is 14.4 Å². The molecule has 0 aliphatic carbocycles. The van der Waals surface area contributed by atoms with Crippen LogP contribution in [0.2, 0.25) is 0 Å². The maximum atomic E-state index is 13.0. The van der Waals surface area contributed by atoms with Gasteiger partial charge in [-0.1, -0.05) is 43.3 Å². The van der Waals surface area contributed by atoms with Crippen LogP contribution in [-0.2, 0) is 29.6 Å². The summed E-state index contributed by atoms with van der Waals surface area (Å²) in [4.78, 5) is 43.2. The highest BCUT2D eigenvalue weighted by atomic mass is 16.2. The SMILES string of the molecule is CCc1nc(-c2ccc3c(c2)CN(C2CCC(=O)NC2=O)C3=O)n(C)c1-c1ccccc1. The van der Waals surface area contributed by atoms with Gasteiger partial charge in [0.1, 0.15) is 11.9 Å². The van der Waals surface area contributed by atoms with Crippen LogP contribution in [0.5, 0.6) is 0 Å². The largest absolute Gasteiger partial charge is 0.327 e. The first-order valence-corrected chi connectivity index (χ1v) is 10.9. The Hall–Kier alpha value is -3.74. The third kappa shape index (κ3) is 3.21. The molecule has 7 nitrogen and oxygen atoms in total. The molecule has 1 N–H and O–H groups in total. The molecule has 1 aromatic heterocycles. The molecule has 0 radical (unpaired) electrons. The molecular formula is C25H24N4O3. The summed E-state index contributed by atoms with van der Waals surface area (Å²) in [5.74, 6) is -0.00392. The topological polar surface area (TPSA) is 84.3 Å². The zero-order valence-electron chi connectivity index (χ0n) is 18.1. The molecule has 2 aliphatic heterocycles. The number of nitrogens with zero attached hydrogens (tertiary/aromatic N) is 3. The third-order valence-corrected chi connectivity index (χ3v) is 6.33. The van der Waals surface area contributed by atoms with E-state index < -0.39 is 11.9 Å². The number of carbonyl (C=O) groups excluding carboxylic acids is 3. The van der Waals surface area contributed by atoms with Crippen LogP contribution in [0.4, 0.5) is 0 Å². The molecule has 1 saturated heterocycles. The molecular weight excluding hydrogens is 404 g/mol. The van der Waals surface area contributed by atoms with E-state index in [-0.39, 0.29) is 18.2 Å². The molecule has 1 fully saturated rings. The fourth-order valence-electron chi connectivity index (χ4n) is 4.73. The highest BCUT2D eigenvalue weighted by Crippen LogP contribution is 2.33. The van der Waals surface area contributed by atoms with Gasteiger partial charge in [0.2, 0.25) is 11.8 Å². The molecule has 162 valence electrons. The van der Waals surface area contributed by atoms with Gasteiger partial charge in [-0.3, -0.25) is 19.7 Å². The van der Waals surface area contributed by atoms with Gasteiger partial charge in [0.05, 0.1) is 11.4 Å². The van der Waals surface area contributed by atoms with Crippen molar-refractivity contribution < 1.29 is 14.4 Å². The van der Waals surface area contributed by atoms with E-state index in [0.717, 1.165) is 40.3 Å². The Morgan fingerprint density at radius 1 is 1.06 bits per heavy atom. The summed E-state index contributed by atoms with van der Waals surface area (Å²) in [6, 6.07) is 15.3. The molecule has 1 atom stereocenters. The van der Waals surface area contributed by atoms with Crippen LogP contribution in [-0.4, -0.2) is 38.2 Å². The highest BCUT2D eigenvalue weighted by Gasteiger charge is 2.39. The number of benzene rings is 2. The van der Waals surface area contributed by atoms with Crippen molar-refractivity contribution in [3.63, 3.8) is 0 Å². The van der Waals surface area contributed by atoms with Crippen molar-refractivity contribution in [3.8, 4) is 22.6 Å². The molecule has 3 amide bonds. The number of aryl methyl sites for hydroxylation is 1. The zero-order chi connectivity index (χ0) is 22.4. The standard InChI is InChI=1S/C25H24N4O3/c1-3-19-22(15-7-5-4-6-8-15)28(2)23(26-19)16-9-10-18-17(13-16)14-29(25(18)32)20-11-12-21(30)27-24(20)31/h4-10,13,20H,3,11-12,14H2,1-2H3,(H,27,30,31). The zero-order valence-corrected chi connectivity index (χ0v) is 18.1. The van der Waals surface area contributed by atoms with Crippen LogP contribution in [0.25, 0.3) is 22.6 Å². The minimum absolute atomic E-state index is 0.167. The van der Waals surface area contributed by atoms with E-state index in [4.69, 9.17) is 4.98 Å². The van der Waals surface area contributed by atoms with Crippen molar-refractivity contribution in [1.29, 1.82) is 0 Å². The minimum Gasteiger partial charge on any atom is -0.327 e. The first-order valence-electron chi connectivity index (χ1n) is 10.9. The Morgan fingerprint density at radius 2 is 1.84 bits per heavy atom. The fraction of sp³-hybridized carbons (Fsp3) is 0.280. The number of piperidine rings is 1. The van der Waals surface area contributed by atoms with Crippen molar-refractivity contribution in [3.05, 3.63) is 65.4 Å². The predicted molar refractivity (Wildman–Crippen MR) is 120 cm³/mol. The number of hydrogen-bond acceptors (Lipinski definition) is 4. The molecule has 2 aromatic carbocycles. The Morgan fingerprint density at radius 3 is 2.56 bits per heavy atom. The lowest BCUT2D eigenvalue weighted by molar-refractivity contribution is -0.136. The second kappa shape index (κ2) is 7.75. The summed E-state index contributed by atoms with van der Waals surface area (Å²) in [5.41, 5.74) is 5.64. The quantitative estimate of drug-likeness (QED) is 0.648. The van der Waals surface area contributed by atoms with Crippen molar-refractivity contribution in [1.82, 2.24) is 19.8 Å². The smallest absolute Gasteiger partial charge is 0.255 e. The molecule has 32 heavy (non-hydrogen) atoms. The van der Waals surface area contributed by atoms with Crippen LogP contribution in [0.3, 0.4) is 0 Å². The van der Waals surface area contributed by atoms with E-state index in [1.54, 1.807) is 4.90 Å². The van der Waals surface area contributed by atoms with E-state index in [0.29, 0.717) is 18.5 Å². The van der Waals surface area contributed by atoms with Gasteiger partial charge in [0, 0.05) is 36.7 Å². The van der Waals surface area contributed by atoms with E-state index in [1.165, 1.54) is 0 Å². The van der Waals surface area contributed by atoms with Crippen LogP contribution in [0, 0.1) is 0 Å². The summed E-state index contributed by atoms with van der Waals surface area (Å²) in [6.07, 6.45) is 1.42. The first kappa shape index (κ1) is 20.2. The van der Waals surface area contributed by atoms with Crippen LogP contribution in [0.15, 0.2) is 48.5 Å². The Bertz CT molecular complexity index is 1250. The summed E-state index contributed by atoms with van der Waals surface area (Å²) in [5, 5.41) is 2.34. The molecule has 3 aromatic rings. The third-order valence-electron chi connectivity index (χ3n) is 6.33. The van der Waals surface area contributed by atoms with Crippen molar-refractivity contribution in [2.24, 2.45) is 7.05 Å². The lowest BCUT2D eigenvalue weighted by Crippen LogP contribution is -2.52. The Balaban J connectivity index is 1.49. The normalized spacial score (nSPS) is 18.1. The van der Waals surface area contributed by atoms with Gasteiger partial charge in [-0.15, -0.1) is 0 Å². The maximum Gasteiger partial charge on any atom is 0.255 e. The monoisotopic (exact) mass is 428 g/mol. The molecule has 0 spiro atoms. The van der Waals surface area contributed by atoms with Crippen molar-refractivity contribution in [2.75, 3.05) is 0 Å². The second-order valence-corrected chi connectivity index (χ2v) is 8.28. The van der Waals surface area contributed by atoms with Gasteiger partial charge in [-0.05, 0) is 30.5 Å². The van der Waals surface area contributed by atoms with Crippen LogP contribution < -0.4 is 5.32 Å². The summed E-state index contributed by atoms with van der Waals surface area (Å²) in [7, 11) is 2.01. The van der Waals surface area contributed by atoms with Gasteiger partial charge in [-0.25, -0.2) is 4.98 Å². The number of imidazole rings is 1. The van der Waals surface area contributed by atoms with Crippen molar-refractivity contribution >= 4 is 17.7 Å². The molecule has 5 rings (SSSR count). The fourth-order valence-corrected chi connectivity index (χ4v) is 4.73. The Labute approximate surface area is 186 Å². The molecule has 2 aliphatic rings. The summed E-state index contributed by atoms with van der Waals surface area (Å²) < 4.78 is 2.10. The van der Waals surface area contributed by atoms with E-state index in [1.807, 2.05) is 43.4 Å². The molecule has 3 heterocycles. The number of carbonyl (C=O) groups is 3. The van der Waals surface area contributed by atoms with Gasteiger partial charge in [-0.2, -0.15) is 0 Å². The van der Waals surface area contributed by atoms with Gasteiger partial charge >= 0.3 is 0 Å². The number of imide groups is 1. The van der Waals surface area contributed by atoms with Gasteiger partial charge in [0.15, 0.2) is 0 Å². The number of aromatic nitrogens is 2. The number of rotatable bonds is 4. The Kier molecular flexibility index (Phi) is 4.89. The molecule has 7 heteroatoms. The van der Waals surface area contributed by atoms with Gasteiger partial charge < -0.3 is 9.47 Å². The summed E-state index contributed by atoms with van der Waals surface area (Å²) >= 11 is 0. The van der Waals surface area contributed by atoms with Crippen LogP contribution >= 0.6 is 0 Å². The van der Waals surface area contributed by atoms with E-state index in [2.05, 4.69) is 28.9 Å². The molecule has 0 bridgehead atoms. The number of nitrogens with one attached hydrogen (secondary N) is 1. The predicted octanol–water partition coefficient (Wildman–Crippen LogP) is 3.08. The van der Waals surface area contributed by atoms with Crippen LogP contribution in [0.1, 0.15) is 41.4 Å². The first-order chi connectivity index (χ1) is 15.5. The maximum absolute atomic E-state index is 13.0. The van der Waals surface area contributed by atoms with Crippen molar-refractivity contribution in [2.45, 2.75) is 38.8 Å². The molecule has 0 saturated carbocycles. The highest BCUT2D eigenvalue weighted by molar-refractivity contribution is 6.05. The molecule has 1 unspecified atom stereocenters.